The van der Waals surface area contributed by atoms with Crippen molar-refractivity contribution < 1.29 is 9.15 Å². The molecule has 0 aliphatic rings. The van der Waals surface area contributed by atoms with Crippen LogP contribution in [0.2, 0.25) is 0 Å². The Bertz CT molecular complexity index is 611. The first kappa shape index (κ1) is 12.7. The van der Waals surface area contributed by atoms with Crippen LogP contribution in [0.3, 0.4) is 0 Å². The minimum atomic E-state index is -0.241. The Morgan fingerprint density at radius 2 is 2.06 bits per heavy atom. The van der Waals surface area contributed by atoms with Gasteiger partial charge in [0, 0.05) is 17.0 Å². The molecule has 0 atom stereocenters. The zero-order valence-electron chi connectivity index (χ0n) is 11.1. The van der Waals surface area contributed by atoms with E-state index in [0.29, 0.717) is 18.6 Å². The van der Waals surface area contributed by atoms with Crippen LogP contribution in [0.25, 0.3) is 11.0 Å². The molecule has 0 aliphatic carbocycles. The Morgan fingerprint density at radius 3 is 2.72 bits per heavy atom. The molecule has 0 fully saturated rings. The lowest BCUT2D eigenvalue weighted by molar-refractivity contribution is 0.317. The van der Waals surface area contributed by atoms with Crippen LogP contribution in [0, 0.1) is 6.92 Å². The topological polar surface area (TPSA) is 39.4 Å². The first-order valence-electron chi connectivity index (χ1n) is 6.36. The third-order valence-electron chi connectivity index (χ3n) is 3.09. The number of hydrogen-bond acceptors (Lipinski definition) is 3. The highest BCUT2D eigenvalue weighted by atomic mass is 16.5. The van der Waals surface area contributed by atoms with Crippen molar-refractivity contribution in [3.8, 4) is 5.75 Å². The monoisotopic (exact) mass is 246 g/mol. The summed E-state index contributed by atoms with van der Waals surface area (Å²) in [6.07, 6.45) is 1.65. The van der Waals surface area contributed by atoms with E-state index in [0.717, 1.165) is 28.7 Å². The normalized spacial score (nSPS) is 10.8. The molecule has 0 unspecified atom stereocenters. The van der Waals surface area contributed by atoms with Crippen LogP contribution in [0.1, 0.15) is 31.4 Å². The van der Waals surface area contributed by atoms with Crippen LogP contribution in [0.5, 0.6) is 5.75 Å². The molecule has 0 N–H and O–H groups in total. The second kappa shape index (κ2) is 5.25. The van der Waals surface area contributed by atoms with Crippen molar-refractivity contribution in [1.29, 1.82) is 0 Å². The molecule has 0 radical (unpaired) electrons. The number of hydrogen-bond donors (Lipinski definition) is 0. The molecule has 2 rings (SSSR count). The summed E-state index contributed by atoms with van der Waals surface area (Å²) in [5, 5.41) is 0.982. The first-order valence-corrected chi connectivity index (χ1v) is 6.36. The quantitative estimate of drug-likeness (QED) is 0.776. The summed E-state index contributed by atoms with van der Waals surface area (Å²) in [6.45, 7) is 6.65. The minimum absolute atomic E-state index is 0.241. The maximum absolute atomic E-state index is 11.8. The molecule has 0 aliphatic heterocycles. The van der Waals surface area contributed by atoms with E-state index >= 15 is 0 Å². The van der Waals surface area contributed by atoms with Crippen molar-refractivity contribution >= 4 is 11.0 Å². The summed E-state index contributed by atoms with van der Waals surface area (Å²) >= 11 is 0. The third kappa shape index (κ3) is 2.26. The van der Waals surface area contributed by atoms with Gasteiger partial charge in [0.15, 0.2) is 0 Å². The van der Waals surface area contributed by atoms with Crippen molar-refractivity contribution in [1.82, 2.24) is 0 Å². The lowest BCUT2D eigenvalue weighted by Crippen LogP contribution is -2.09. The molecule has 1 aromatic carbocycles. The van der Waals surface area contributed by atoms with E-state index in [1.807, 2.05) is 26.0 Å². The van der Waals surface area contributed by atoms with Crippen molar-refractivity contribution in [3.05, 3.63) is 39.7 Å². The molecular weight excluding hydrogens is 228 g/mol. The van der Waals surface area contributed by atoms with Gasteiger partial charge in [-0.25, -0.2) is 4.79 Å². The van der Waals surface area contributed by atoms with Crippen LogP contribution in [0.15, 0.2) is 27.4 Å². The Balaban J connectivity index is 2.55. The maximum Gasteiger partial charge on any atom is 0.339 e. The van der Waals surface area contributed by atoms with Gasteiger partial charge in [0.05, 0.1) is 6.61 Å². The minimum Gasteiger partial charge on any atom is -0.493 e. The summed E-state index contributed by atoms with van der Waals surface area (Å²) in [5.41, 5.74) is 2.12. The predicted octanol–water partition coefficient (Wildman–Crippen LogP) is 3.45. The highest BCUT2D eigenvalue weighted by Gasteiger charge is 2.10. The molecule has 0 spiro atoms. The molecule has 0 bridgehead atoms. The van der Waals surface area contributed by atoms with E-state index in [9.17, 15) is 4.79 Å². The zero-order valence-corrected chi connectivity index (χ0v) is 11.1. The fourth-order valence-electron chi connectivity index (χ4n) is 2.09. The molecule has 0 saturated heterocycles. The van der Waals surface area contributed by atoms with Crippen LogP contribution >= 0.6 is 0 Å². The molecule has 3 heteroatoms. The summed E-state index contributed by atoms with van der Waals surface area (Å²) in [7, 11) is 0. The van der Waals surface area contributed by atoms with Gasteiger partial charge in [-0.2, -0.15) is 0 Å². The van der Waals surface area contributed by atoms with Gasteiger partial charge in [-0.3, -0.25) is 0 Å². The van der Waals surface area contributed by atoms with Gasteiger partial charge in [0.2, 0.25) is 0 Å². The fourth-order valence-corrected chi connectivity index (χ4v) is 2.09. The average molecular weight is 246 g/mol. The largest absolute Gasteiger partial charge is 0.493 e. The van der Waals surface area contributed by atoms with Crippen molar-refractivity contribution in [3.63, 3.8) is 0 Å². The van der Waals surface area contributed by atoms with Crippen LogP contribution < -0.4 is 10.4 Å². The molecule has 1 heterocycles. The Kier molecular flexibility index (Phi) is 3.70. The van der Waals surface area contributed by atoms with E-state index in [-0.39, 0.29) is 5.63 Å². The van der Waals surface area contributed by atoms with Crippen molar-refractivity contribution in [2.45, 2.75) is 33.6 Å². The molecule has 96 valence electrons. The second-order valence-corrected chi connectivity index (χ2v) is 4.35. The van der Waals surface area contributed by atoms with Gasteiger partial charge in [0.25, 0.3) is 0 Å². The number of fused-ring (bicyclic) bond motifs is 1. The lowest BCUT2D eigenvalue weighted by atomic mass is 10.0. The van der Waals surface area contributed by atoms with E-state index < -0.39 is 0 Å². The molecular formula is C15H18O3. The van der Waals surface area contributed by atoms with E-state index in [2.05, 4.69) is 6.92 Å². The summed E-state index contributed by atoms with van der Waals surface area (Å²) in [6, 6.07) is 5.67. The lowest BCUT2D eigenvalue weighted by Gasteiger charge is -2.08. The van der Waals surface area contributed by atoms with Crippen LogP contribution in [-0.4, -0.2) is 6.61 Å². The van der Waals surface area contributed by atoms with Gasteiger partial charge in [-0.1, -0.05) is 13.8 Å². The standard InChI is InChI=1S/C15H18O3/c1-4-8-17-11-6-7-13-10(3)12(5-2)15(16)18-14(13)9-11/h6-7,9H,4-5,8H2,1-3H3. The third-order valence-corrected chi connectivity index (χ3v) is 3.09. The molecule has 2 aromatic rings. The Morgan fingerprint density at radius 1 is 1.28 bits per heavy atom. The van der Waals surface area contributed by atoms with E-state index in [4.69, 9.17) is 9.15 Å². The van der Waals surface area contributed by atoms with Gasteiger partial charge in [-0.05, 0) is 37.5 Å². The van der Waals surface area contributed by atoms with Gasteiger partial charge < -0.3 is 9.15 Å². The van der Waals surface area contributed by atoms with E-state index in [1.54, 1.807) is 6.07 Å². The van der Waals surface area contributed by atoms with Crippen LogP contribution in [0.4, 0.5) is 0 Å². The zero-order chi connectivity index (χ0) is 13.1. The molecule has 3 nitrogen and oxygen atoms in total. The van der Waals surface area contributed by atoms with Crippen molar-refractivity contribution in [2.75, 3.05) is 6.61 Å². The van der Waals surface area contributed by atoms with Gasteiger partial charge in [-0.15, -0.1) is 0 Å². The Hall–Kier alpha value is -1.77. The highest BCUT2D eigenvalue weighted by Crippen LogP contribution is 2.24. The van der Waals surface area contributed by atoms with Crippen LogP contribution in [-0.2, 0) is 6.42 Å². The van der Waals surface area contributed by atoms with Gasteiger partial charge >= 0.3 is 5.63 Å². The highest BCUT2D eigenvalue weighted by molar-refractivity contribution is 5.82. The number of ether oxygens (including phenoxy) is 1. The second-order valence-electron chi connectivity index (χ2n) is 4.35. The molecule has 0 saturated carbocycles. The molecule has 1 aromatic heterocycles. The predicted molar refractivity (Wildman–Crippen MR) is 72.4 cm³/mol. The maximum atomic E-state index is 11.8. The average Bonchev–Trinajstić information content (AvgIpc) is 2.36. The number of benzene rings is 1. The number of aryl methyl sites for hydroxylation is 1. The SMILES string of the molecule is CCCOc1ccc2c(C)c(CC)c(=O)oc2c1. The number of rotatable bonds is 4. The van der Waals surface area contributed by atoms with Gasteiger partial charge in [0.1, 0.15) is 11.3 Å². The first-order chi connectivity index (χ1) is 8.67. The molecule has 0 amide bonds. The van der Waals surface area contributed by atoms with Crippen molar-refractivity contribution in [2.24, 2.45) is 0 Å². The fraction of sp³-hybridized carbons (Fsp3) is 0.400. The molecule has 18 heavy (non-hydrogen) atoms. The summed E-state index contributed by atoms with van der Waals surface area (Å²) in [5.74, 6) is 0.746. The van der Waals surface area contributed by atoms with E-state index in [1.165, 1.54) is 0 Å². The summed E-state index contributed by atoms with van der Waals surface area (Å²) in [4.78, 5) is 11.8. The smallest absolute Gasteiger partial charge is 0.339 e. The Labute approximate surface area is 106 Å². The summed E-state index contributed by atoms with van der Waals surface area (Å²) < 4.78 is 10.9.